The minimum absolute atomic E-state index is 0.0395. The zero-order valence-corrected chi connectivity index (χ0v) is 30.8. The maximum atomic E-state index is 14.2. The Morgan fingerprint density at radius 3 is 2.26 bits per heavy atom. The molecule has 2 aromatic rings. The van der Waals surface area contributed by atoms with Crippen molar-refractivity contribution >= 4 is 27.6 Å². The van der Waals surface area contributed by atoms with Crippen LogP contribution in [-0.4, -0.2) is 95.0 Å². The number of aromatic nitrogens is 1. The van der Waals surface area contributed by atoms with Crippen LogP contribution in [0.5, 0.6) is 0 Å². The van der Waals surface area contributed by atoms with E-state index in [1.165, 1.54) is 32.2 Å². The first-order chi connectivity index (χ1) is 23.4. The molecule has 2 aliphatic rings. The quantitative estimate of drug-likeness (QED) is 0.258. The fraction of sp³-hybridized carbons (Fsp3) is 0.595. The number of aliphatic hydroxyl groups excluding tert-OH is 1. The number of piperidine rings is 1. The van der Waals surface area contributed by atoms with Crippen LogP contribution in [-0.2, 0) is 25.8 Å². The number of fused-ring (bicyclic) bond motifs is 1. The number of rotatable bonds is 12. The normalized spacial score (nSPS) is 21.8. The first-order valence-electron chi connectivity index (χ1n) is 17.3. The molecule has 13 heteroatoms. The Balaban J connectivity index is 1.63. The topological polar surface area (TPSA) is 182 Å². The summed E-state index contributed by atoms with van der Waals surface area (Å²) in [7, 11) is -3.92. The summed E-state index contributed by atoms with van der Waals surface area (Å²) in [5.74, 6) is -0.789. The van der Waals surface area contributed by atoms with Gasteiger partial charge in [0.25, 0.3) is 5.91 Å². The number of carbonyl (C=O) groups excluding carboxylic acids is 3. The van der Waals surface area contributed by atoms with Gasteiger partial charge in [-0.15, -0.1) is 0 Å². The number of pyridine rings is 1. The summed E-state index contributed by atoms with van der Waals surface area (Å²) in [6, 6.07) is 11.0. The summed E-state index contributed by atoms with van der Waals surface area (Å²) in [4.78, 5) is 47.1. The van der Waals surface area contributed by atoms with Gasteiger partial charge < -0.3 is 21.1 Å². The van der Waals surface area contributed by atoms with Crippen molar-refractivity contribution in [1.29, 1.82) is 5.26 Å². The van der Waals surface area contributed by atoms with Crippen LogP contribution in [0.25, 0.3) is 0 Å². The minimum atomic E-state index is -3.92. The number of nitrogens with zero attached hydrogens (tertiary/aromatic N) is 3. The third-order valence-corrected chi connectivity index (χ3v) is 12.3. The molecule has 50 heavy (non-hydrogen) atoms. The molecule has 4 rings (SSSR count). The average molecular weight is 709 g/mol. The SMILES string of the molecule is CC(C)(C)NC(=O)[C@@H]1CC2CCCCC2CN1C[C@@H](O)[C@H](Cc1ccccc1)NC(=O)[C@@H](NC(=O)c1ccc(C#N)nc1)C(C)(C)S(C)(=O)=O. The number of amides is 3. The van der Waals surface area contributed by atoms with Crippen LogP contribution in [0.3, 0.4) is 0 Å². The van der Waals surface area contributed by atoms with E-state index in [-0.39, 0.29) is 30.1 Å². The second-order valence-corrected chi connectivity index (χ2v) is 18.0. The van der Waals surface area contributed by atoms with E-state index in [0.29, 0.717) is 24.8 Å². The highest BCUT2D eigenvalue weighted by Crippen LogP contribution is 2.39. The van der Waals surface area contributed by atoms with Crippen LogP contribution in [0.2, 0.25) is 0 Å². The van der Waals surface area contributed by atoms with Crippen LogP contribution >= 0.6 is 0 Å². The van der Waals surface area contributed by atoms with Crippen LogP contribution in [0, 0.1) is 23.2 Å². The van der Waals surface area contributed by atoms with Gasteiger partial charge in [0, 0.05) is 31.1 Å². The lowest BCUT2D eigenvalue weighted by Crippen LogP contribution is -2.64. The van der Waals surface area contributed by atoms with Gasteiger partial charge in [-0.05, 0) is 83.4 Å². The van der Waals surface area contributed by atoms with Gasteiger partial charge in [-0.25, -0.2) is 13.4 Å². The summed E-state index contributed by atoms with van der Waals surface area (Å²) in [5, 5.41) is 29.6. The van der Waals surface area contributed by atoms with Gasteiger partial charge in [0.1, 0.15) is 17.8 Å². The fourth-order valence-electron chi connectivity index (χ4n) is 6.99. The number of hydrogen-bond donors (Lipinski definition) is 4. The summed E-state index contributed by atoms with van der Waals surface area (Å²) in [6.45, 7) is 9.28. The van der Waals surface area contributed by atoms with Gasteiger partial charge in [-0.1, -0.05) is 49.6 Å². The van der Waals surface area contributed by atoms with E-state index >= 15 is 0 Å². The van der Waals surface area contributed by atoms with E-state index in [4.69, 9.17) is 5.26 Å². The van der Waals surface area contributed by atoms with Gasteiger partial charge in [0.15, 0.2) is 9.84 Å². The Morgan fingerprint density at radius 1 is 1.02 bits per heavy atom. The Kier molecular flexibility index (Phi) is 12.5. The number of hydrogen-bond acceptors (Lipinski definition) is 9. The van der Waals surface area contributed by atoms with Gasteiger partial charge in [0.05, 0.1) is 28.5 Å². The molecule has 1 aromatic heterocycles. The highest BCUT2D eigenvalue weighted by Gasteiger charge is 2.46. The van der Waals surface area contributed by atoms with Crippen LogP contribution in [0.15, 0.2) is 48.7 Å². The Morgan fingerprint density at radius 2 is 1.68 bits per heavy atom. The maximum absolute atomic E-state index is 14.2. The molecule has 0 spiro atoms. The molecule has 6 atom stereocenters. The summed E-state index contributed by atoms with van der Waals surface area (Å²) < 4.78 is 24.3. The van der Waals surface area contributed by atoms with Crippen LogP contribution in [0.4, 0.5) is 0 Å². The van der Waals surface area contributed by atoms with Gasteiger partial charge in [-0.3, -0.25) is 19.3 Å². The average Bonchev–Trinajstić information content (AvgIpc) is 3.05. The number of sulfone groups is 1. The van der Waals surface area contributed by atoms with Crippen molar-refractivity contribution in [2.24, 2.45) is 11.8 Å². The standard InChI is InChI=1S/C37H52N6O6S/c1-36(2,3)42-34(46)30-19-25-14-10-11-15-27(25)22-43(30)23-31(44)29(18-24-12-8-7-9-13-24)40-35(47)32(37(4,5)50(6,48)49)41-33(45)26-16-17-28(20-38)39-21-26/h7-9,12-13,16-17,21,25,27,29-32,44H,10-11,14-15,18-19,22-23H2,1-6H3,(H,40,47)(H,41,45)(H,42,46)/t25?,27?,29-,30-,31+,32+/m0/s1. The second-order valence-electron chi connectivity index (χ2n) is 15.4. The van der Waals surface area contributed by atoms with E-state index in [9.17, 15) is 27.9 Å². The molecule has 2 unspecified atom stereocenters. The highest BCUT2D eigenvalue weighted by molar-refractivity contribution is 7.92. The molecule has 0 bridgehead atoms. The lowest BCUT2D eigenvalue weighted by Gasteiger charge is -2.47. The smallest absolute Gasteiger partial charge is 0.253 e. The number of nitriles is 1. The molecule has 1 aromatic carbocycles. The van der Waals surface area contributed by atoms with E-state index < -0.39 is 56.2 Å². The molecule has 1 saturated heterocycles. The van der Waals surface area contributed by atoms with E-state index in [0.717, 1.165) is 37.5 Å². The molecule has 0 radical (unpaired) electrons. The largest absolute Gasteiger partial charge is 0.390 e. The molecule has 3 amide bonds. The predicted molar refractivity (Wildman–Crippen MR) is 191 cm³/mol. The van der Waals surface area contributed by atoms with E-state index in [2.05, 4.69) is 20.9 Å². The van der Waals surface area contributed by atoms with Crippen LogP contribution < -0.4 is 16.0 Å². The summed E-state index contributed by atoms with van der Waals surface area (Å²) in [6.07, 6.45) is 6.35. The number of likely N-dealkylation sites (tertiary alicyclic amines) is 1. The third-order valence-electron chi connectivity index (χ3n) is 10.1. The van der Waals surface area contributed by atoms with Crippen molar-refractivity contribution in [3.63, 3.8) is 0 Å². The number of β-amino-alcohol motifs (C(OH)–C–C–N with tert-alkyl or cyclic N) is 1. The zero-order chi connectivity index (χ0) is 36.9. The molecule has 4 N–H and O–H groups in total. The van der Waals surface area contributed by atoms with Gasteiger partial charge in [0.2, 0.25) is 11.8 Å². The molecule has 1 aliphatic heterocycles. The van der Waals surface area contributed by atoms with Crippen molar-refractivity contribution in [1.82, 2.24) is 25.8 Å². The molecule has 272 valence electrons. The molecule has 1 aliphatic carbocycles. The highest BCUT2D eigenvalue weighted by atomic mass is 32.2. The van der Waals surface area contributed by atoms with Crippen molar-refractivity contribution < 1.29 is 27.9 Å². The molecular weight excluding hydrogens is 657 g/mol. The molecule has 2 heterocycles. The van der Waals surface area contributed by atoms with Gasteiger partial charge in [-0.2, -0.15) is 5.26 Å². The fourth-order valence-corrected chi connectivity index (χ4v) is 7.58. The number of aliphatic hydroxyl groups is 1. The molecule has 12 nitrogen and oxygen atoms in total. The van der Waals surface area contributed by atoms with Crippen molar-refractivity contribution in [3.8, 4) is 6.07 Å². The van der Waals surface area contributed by atoms with Crippen molar-refractivity contribution in [2.45, 2.75) is 108 Å². The Bertz CT molecular complexity index is 1650. The molecular formula is C37H52N6O6S. The van der Waals surface area contributed by atoms with E-state index in [1.54, 1.807) is 0 Å². The number of carbonyl (C=O) groups is 3. The third kappa shape index (κ3) is 9.89. The lowest BCUT2D eigenvalue weighted by atomic mass is 9.72. The first-order valence-corrected chi connectivity index (χ1v) is 19.2. The van der Waals surface area contributed by atoms with Crippen LogP contribution in [0.1, 0.15) is 88.3 Å². The van der Waals surface area contributed by atoms with Crippen molar-refractivity contribution in [2.75, 3.05) is 19.3 Å². The summed E-state index contributed by atoms with van der Waals surface area (Å²) in [5.41, 5.74) is 0.527. The summed E-state index contributed by atoms with van der Waals surface area (Å²) >= 11 is 0. The van der Waals surface area contributed by atoms with Crippen molar-refractivity contribution in [3.05, 3.63) is 65.5 Å². The monoisotopic (exact) mass is 708 g/mol. The minimum Gasteiger partial charge on any atom is -0.390 e. The predicted octanol–water partition coefficient (Wildman–Crippen LogP) is 2.76. The lowest BCUT2D eigenvalue weighted by molar-refractivity contribution is -0.133. The number of benzene rings is 1. The Labute approximate surface area is 296 Å². The van der Waals surface area contributed by atoms with E-state index in [1.807, 2.05) is 62.1 Å². The zero-order valence-electron chi connectivity index (χ0n) is 30.0. The first kappa shape index (κ1) is 38.9. The second kappa shape index (κ2) is 16.0. The molecule has 2 fully saturated rings. The number of nitrogens with one attached hydrogen (secondary N) is 3. The van der Waals surface area contributed by atoms with Gasteiger partial charge >= 0.3 is 0 Å². The Hall–Kier alpha value is -3.86. The maximum Gasteiger partial charge on any atom is 0.253 e. The molecule has 1 saturated carbocycles.